The quantitative estimate of drug-likeness (QED) is 0.0733. The van der Waals surface area contributed by atoms with Crippen molar-refractivity contribution in [3.8, 4) is 34.2 Å². The number of nitrogens with zero attached hydrogens (tertiary/aromatic N) is 14. The van der Waals surface area contributed by atoms with Gasteiger partial charge in [0.05, 0.1) is 38.7 Å². The number of aromatic amines is 3. The highest BCUT2D eigenvalue weighted by Gasteiger charge is 2.35. The van der Waals surface area contributed by atoms with Gasteiger partial charge in [0.2, 0.25) is 5.91 Å². The number of H-pyrrole nitrogens is 3. The first-order valence-corrected chi connectivity index (χ1v) is 37.3. The molecule has 4 aliphatic rings. The third-order valence-corrected chi connectivity index (χ3v) is 22.6. The second-order valence-corrected chi connectivity index (χ2v) is 29.0. The zero-order chi connectivity index (χ0) is 72.4. The van der Waals surface area contributed by atoms with Crippen molar-refractivity contribution in [1.29, 1.82) is 0 Å². The summed E-state index contributed by atoms with van der Waals surface area (Å²) in [6.45, 7) is 6.18. The summed E-state index contributed by atoms with van der Waals surface area (Å²) in [6.07, 6.45) is 24.9. The van der Waals surface area contributed by atoms with Gasteiger partial charge in [0.1, 0.15) is 74.3 Å². The number of likely N-dealkylation sites (tertiary alicyclic amines) is 3. The molecule has 24 heteroatoms. The Kier molecular flexibility index (Phi) is 17.1. The molecule has 23 nitrogen and oxygen atoms in total. The molecule has 3 aliphatic heterocycles. The number of nitrogens with two attached hydrogens (primary N) is 3. The lowest BCUT2D eigenvalue weighted by Crippen LogP contribution is -2.41. The first-order chi connectivity index (χ1) is 52.4. The molecule has 0 saturated carbocycles. The maximum atomic E-state index is 13.4. The minimum Gasteiger partial charge on any atom is -0.382 e. The summed E-state index contributed by atoms with van der Waals surface area (Å²) in [4.78, 5) is 93.1. The van der Waals surface area contributed by atoms with E-state index in [-0.39, 0.29) is 41.4 Å². The fourth-order valence-corrected chi connectivity index (χ4v) is 16.9. The number of carbonyl (C=O) groups excluding carboxylic acids is 3. The lowest BCUT2D eigenvalue weighted by molar-refractivity contribution is -0.134. The normalized spacial score (nSPS) is 16.1. The number of piperidine rings is 3. The van der Waals surface area contributed by atoms with Gasteiger partial charge in [-0.1, -0.05) is 103 Å². The van der Waals surface area contributed by atoms with E-state index in [4.69, 9.17) is 32.2 Å². The predicted molar refractivity (Wildman–Crippen MR) is 421 cm³/mol. The van der Waals surface area contributed by atoms with Crippen molar-refractivity contribution in [3.05, 3.63) is 241 Å². The van der Waals surface area contributed by atoms with Crippen molar-refractivity contribution in [3.63, 3.8) is 0 Å². The van der Waals surface area contributed by atoms with Gasteiger partial charge in [-0.2, -0.15) is 0 Å². The Hall–Kier alpha value is -12.8. The Bertz CT molecular complexity index is 6080. The highest BCUT2D eigenvalue weighted by molar-refractivity contribution is 7.16. The second-order valence-electron chi connectivity index (χ2n) is 28.1. The molecule has 16 aromatic rings. The van der Waals surface area contributed by atoms with Crippen LogP contribution < -0.4 is 17.2 Å². The van der Waals surface area contributed by atoms with E-state index in [1.165, 1.54) is 0 Å². The van der Waals surface area contributed by atoms with Crippen LogP contribution in [0.2, 0.25) is 0 Å². The van der Waals surface area contributed by atoms with E-state index in [1.54, 1.807) is 36.1 Å². The smallest absolute Gasteiger partial charge is 0.273 e. The number of hydrogen-bond acceptors (Lipinski definition) is 15. The fourth-order valence-electron chi connectivity index (χ4n) is 16.2. The second kappa shape index (κ2) is 27.7. The lowest BCUT2D eigenvalue weighted by atomic mass is 9.90. The largest absolute Gasteiger partial charge is 0.382 e. The molecule has 5 aromatic carbocycles. The number of para-hydroxylation sites is 3. The van der Waals surface area contributed by atoms with Crippen molar-refractivity contribution in [2.24, 2.45) is 5.92 Å². The van der Waals surface area contributed by atoms with Crippen LogP contribution in [0.25, 0.3) is 104 Å². The van der Waals surface area contributed by atoms with E-state index in [9.17, 15) is 14.4 Å². The zero-order valence-corrected chi connectivity index (χ0v) is 59.6. The van der Waals surface area contributed by atoms with Gasteiger partial charge in [-0.3, -0.25) is 32.6 Å². The monoisotopic (exact) mass is 1430 g/mol. The van der Waals surface area contributed by atoms with Gasteiger partial charge >= 0.3 is 0 Å². The summed E-state index contributed by atoms with van der Waals surface area (Å²) in [5, 5.41) is 5.30. The number of rotatable bonds is 9. The lowest BCUT2D eigenvalue weighted by Gasteiger charge is -2.34. The number of nitrogen functional groups attached to an aromatic ring is 3. The van der Waals surface area contributed by atoms with Crippen LogP contribution in [0.15, 0.2) is 212 Å². The van der Waals surface area contributed by atoms with Gasteiger partial charge in [-0.05, 0) is 118 Å². The van der Waals surface area contributed by atoms with E-state index in [1.807, 2.05) is 130 Å². The summed E-state index contributed by atoms with van der Waals surface area (Å²) in [5.41, 5.74) is 35.0. The molecule has 11 aromatic heterocycles. The van der Waals surface area contributed by atoms with Gasteiger partial charge in [-0.15, -0.1) is 11.3 Å². The van der Waals surface area contributed by atoms with Crippen molar-refractivity contribution in [2.75, 3.05) is 56.5 Å². The number of nitrogens with one attached hydrogen (secondary N) is 3. The number of amides is 3. The molecule has 532 valence electrons. The van der Waals surface area contributed by atoms with Crippen molar-refractivity contribution < 1.29 is 14.4 Å². The Labute approximate surface area is 617 Å². The molecule has 9 N–H and O–H groups in total. The van der Waals surface area contributed by atoms with Crippen molar-refractivity contribution in [1.82, 2.24) is 82.7 Å². The van der Waals surface area contributed by atoms with E-state index in [0.29, 0.717) is 49.3 Å². The van der Waals surface area contributed by atoms with Gasteiger partial charge in [0, 0.05) is 144 Å². The van der Waals surface area contributed by atoms with Gasteiger partial charge < -0.3 is 46.9 Å². The number of aromatic nitrogens is 14. The van der Waals surface area contributed by atoms with Gasteiger partial charge in [-0.25, -0.2) is 34.9 Å². The minimum absolute atomic E-state index is 0.0181. The van der Waals surface area contributed by atoms with Crippen LogP contribution in [-0.4, -0.2) is 140 Å². The van der Waals surface area contributed by atoms with Crippen LogP contribution >= 0.6 is 11.3 Å². The SMILES string of the molecule is CC1=CCC=CC1C(=O)N1CCC(c2nc(-c3cc4ccccc4[nH]3)c3c(N)nccn23)CC1.Nc1nccn2c(C3CCN(C(=O)c4ccc5ncsc5c4)CC3)nc(-c3cc4ccccc4[nH]3)c12.Nc1nccn2c(C3CCN(C(=O)c4nccc5ccccc45)CC3)nc(-c3cc4ccccc4[nH]3)c12. The molecule has 0 spiro atoms. The first-order valence-electron chi connectivity index (χ1n) is 36.4. The van der Waals surface area contributed by atoms with Crippen LogP contribution in [0.4, 0.5) is 17.5 Å². The van der Waals surface area contributed by atoms with E-state index in [0.717, 1.165) is 191 Å². The van der Waals surface area contributed by atoms with Gasteiger partial charge in [0.25, 0.3) is 11.8 Å². The number of benzene rings is 5. The topological polar surface area (TPSA) is 303 Å². The van der Waals surface area contributed by atoms with Crippen LogP contribution in [0.3, 0.4) is 0 Å². The summed E-state index contributed by atoms with van der Waals surface area (Å²) >= 11 is 1.56. The molecule has 1 unspecified atom stereocenters. The first kappa shape index (κ1) is 66.1. The molecule has 3 amide bonds. The third-order valence-electron chi connectivity index (χ3n) is 21.8. The fraction of sp³-hybridized carbons (Fsp3) is 0.217. The molecule has 107 heavy (non-hydrogen) atoms. The molecule has 1 aliphatic carbocycles. The average molecular weight is 1430 g/mol. The summed E-state index contributed by atoms with van der Waals surface area (Å²) < 4.78 is 7.26. The number of pyridine rings is 1. The Morgan fingerprint density at radius 3 is 1.37 bits per heavy atom. The van der Waals surface area contributed by atoms with E-state index >= 15 is 0 Å². The number of allylic oxidation sites excluding steroid dienone is 2. The number of thiazole rings is 1. The molecule has 1 atom stereocenters. The van der Waals surface area contributed by atoms with Crippen LogP contribution in [-0.2, 0) is 4.79 Å². The average Bonchev–Trinajstić information content (AvgIpc) is 1.61. The van der Waals surface area contributed by atoms with Crippen LogP contribution in [0.1, 0.15) is 108 Å². The van der Waals surface area contributed by atoms with Crippen LogP contribution in [0, 0.1) is 5.92 Å². The maximum absolute atomic E-state index is 13.4. The maximum Gasteiger partial charge on any atom is 0.273 e. The Morgan fingerprint density at radius 1 is 0.467 bits per heavy atom. The number of carbonyl (C=O) groups is 3. The number of anilines is 3. The summed E-state index contributed by atoms with van der Waals surface area (Å²) in [5.74, 6) is 5.07. The molecule has 14 heterocycles. The number of fused-ring (bicyclic) bond motifs is 8. The third kappa shape index (κ3) is 12.3. The standard InChI is InChI=1S/C29H25N7O.C27H23N7OS.C27H28N6O/c30-27-26-25(23-17-20-6-2-4-8-22(20)33-23)34-28(36(26)16-13-32-27)19-10-14-35(15-11-19)29(37)24-21-7-3-1-5-18(21)9-12-31-24;28-25-24-23(21-13-17-3-1-2-4-19(17)31-21)32-26(34(24)12-9-29-25)16-7-10-33(11-8-16)27(35)18-5-6-20-22(14-18)36-15-30-20;1-17-6-2-4-8-20(17)27(34)32-13-10-18(11-14-32)26-31-23(24-25(28)29-12-15-33(24)26)22-16-19-7-3-5-9-21(19)30-22/h1-9,12-13,16-17,19,33H,10-11,14-15H2,(H2,30,32);1-6,9,12-16,31H,7-8,10-11H2,(H2,28,29);3-9,12,15-16,18,20,30H,2,10-11,13-14H2,1H3,(H2,28,29). The molecule has 3 fully saturated rings. The molecular weight excluding hydrogens is 1360 g/mol. The molecule has 0 bridgehead atoms. The number of hydrogen-bond donors (Lipinski definition) is 6. The van der Waals surface area contributed by atoms with E-state index < -0.39 is 0 Å². The highest BCUT2D eigenvalue weighted by Crippen LogP contribution is 2.40. The van der Waals surface area contributed by atoms with Crippen LogP contribution in [0.5, 0.6) is 0 Å². The molecule has 20 rings (SSSR count). The van der Waals surface area contributed by atoms with Crippen molar-refractivity contribution >= 4 is 117 Å². The minimum atomic E-state index is -0.114. The predicted octanol–water partition coefficient (Wildman–Crippen LogP) is 14.8. The summed E-state index contributed by atoms with van der Waals surface area (Å²) in [7, 11) is 0. The zero-order valence-electron chi connectivity index (χ0n) is 58.8. The van der Waals surface area contributed by atoms with Gasteiger partial charge in [0.15, 0.2) is 0 Å². The molecule has 3 saturated heterocycles. The summed E-state index contributed by atoms with van der Waals surface area (Å²) in [6, 6.07) is 46.4. The van der Waals surface area contributed by atoms with E-state index in [2.05, 4.69) is 127 Å². The number of imidazole rings is 3. The van der Waals surface area contributed by atoms with Crippen molar-refractivity contribution in [2.45, 2.75) is 69.6 Å². The Balaban J connectivity index is 0.000000114. The molecule has 0 radical (unpaired) electrons. The Morgan fingerprint density at radius 2 is 0.907 bits per heavy atom. The highest BCUT2D eigenvalue weighted by atomic mass is 32.1. The molecular formula is C83H76N20O3S.